The lowest BCUT2D eigenvalue weighted by molar-refractivity contribution is -0.139. The van der Waals surface area contributed by atoms with Crippen molar-refractivity contribution in [3.63, 3.8) is 0 Å². The zero-order chi connectivity index (χ0) is 21.6. The van der Waals surface area contributed by atoms with E-state index in [1.807, 2.05) is 19.2 Å². The average molecular weight is 539 g/mol. The summed E-state index contributed by atoms with van der Waals surface area (Å²) in [6.07, 6.45) is 4.26. The van der Waals surface area contributed by atoms with Gasteiger partial charge in [0.1, 0.15) is 5.75 Å². The van der Waals surface area contributed by atoms with Gasteiger partial charge in [-0.1, -0.05) is 0 Å². The molecule has 0 fully saturated rings. The minimum atomic E-state index is -1.07. The Bertz CT molecular complexity index is 959. The highest BCUT2D eigenvalue weighted by atomic mass is 79.9. The van der Waals surface area contributed by atoms with Crippen LogP contribution in [0.1, 0.15) is 50.0 Å². The van der Waals surface area contributed by atoms with Crippen LogP contribution in [0.2, 0.25) is 0 Å². The number of carboxylic acids is 1. The average Bonchev–Trinajstić information content (AvgIpc) is 2.68. The Hall–Kier alpha value is -1.93. The molecule has 30 heavy (non-hydrogen) atoms. The maximum Gasteiger partial charge on any atom is 0.341 e. The third kappa shape index (κ3) is 3.64. The smallest absolute Gasteiger partial charge is 0.341 e. The summed E-state index contributed by atoms with van der Waals surface area (Å²) in [5, 5.41) is 8.91. The van der Waals surface area contributed by atoms with Gasteiger partial charge in [-0.2, -0.15) is 0 Å². The van der Waals surface area contributed by atoms with E-state index in [9.17, 15) is 14.4 Å². The Morgan fingerprint density at radius 1 is 1.03 bits per heavy atom. The van der Waals surface area contributed by atoms with Crippen LogP contribution in [-0.2, 0) is 14.4 Å². The molecular weight excluding hydrogens is 518 g/mol. The number of hydrogen-bond donors (Lipinski definition) is 1. The molecule has 0 unspecified atom stereocenters. The van der Waals surface area contributed by atoms with Gasteiger partial charge in [-0.05, 0) is 75.2 Å². The fourth-order valence-electron chi connectivity index (χ4n) is 4.70. The molecule has 0 atom stereocenters. The van der Waals surface area contributed by atoms with E-state index in [2.05, 4.69) is 36.8 Å². The molecule has 1 aromatic carbocycles. The second kappa shape index (κ2) is 8.30. The maximum atomic E-state index is 13.0. The lowest BCUT2D eigenvalue weighted by Gasteiger charge is -2.42. The number of aliphatic carboxylic acids is 1. The summed E-state index contributed by atoms with van der Waals surface area (Å²) < 4.78 is 6.53. The minimum absolute atomic E-state index is 0.0940. The van der Waals surface area contributed by atoms with Crippen molar-refractivity contribution < 1.29 is 24.2 Å². The van der Waals surface area contributed by atoms with Crippen LogP contribution >= 0.6 is 31.9 Å². The second-order valence-corrected chi connectivity index (χ2v) is 9.47. The first-order valence-electron chi connectivity index (χ1n) is 9.89. The van der Waals surface area contributed by atoms with Crippen molar-refractivity contribution in [2.45, 2.75) is 44.4 Å². The Morgan fingerprint density at radius 3 is 2.00 bits per heavy atom. The van der Waals surface area contributed by atoms with E-state index in [1.54, 1.807) is 0 Å². The van der Waals surface area contributed by atoms with Gasteiger partial charge in [0.25, 0.3) is 0 Å². The Kier molecular flexibility index (Phi) is 5.90. The van der Waals surface area contributed by atoms with Crippen molar-refractivity contribution in [1.82, 2.24) is 4.90 Å². The van der Waals surface area contributed by atoms with Crippen molar-refractivity contribution in [2.75, 3.05) is 13.7 Å². The van der Waals surface area contributed by atoms with Crippen LogP contribution in [0.5, 0.6) is 5.75 Å². The minimum Gasteiger partial charge on any atom is -0.480 e. The maximum absolute atomic E-state index is 13.0. The number of carbonyl (C=O) groups excluding carboxylic acids is 2. The standard InChI is InChI=1S/C22H21Br2NO5/c1-25-14-4-2-6-16(26)20(14)19(21-15(25)5-3-7-17(21)27)11-8-12(23)22(13(24)9-11)30-10-18(28)29/h8-9,19H,2-7,10H2,1H3,(H,28,29). The molecule has 0 bridgehead atoms. The number of benzene rings is 1. The third-order valence-corrected chi connectivity index (χ3v) is 7.12. The molecule has 8 heteroatoms. The summed E-state index contributed by atoms with van der Waals surface area (Å²) >= 11 is 6.95. The van der Waals surface area contributed by atoms with E-state index in [1.165, 1.54) is 0 Å². The summed E-state index contributed by atoms with van der Waals surface area (Å²) in [6.45, 7) is -0.466. The molecule has 0 aromatic heterocycles. The van der Waals surface area contributed by atoms with E-state index in [0.29, 0.717) is 27.5 Å². The summed E-state index contributed by atoms with van der Waals surface area (Å²) in [6, 6.07) is 3.66. The van der Waals surface area contributed by atoms with Crippen molar-refractivity contribution >= 4 is 49.4 Å². The molecule has 0 saturated heterocycles. The molecule has 3 aliphatic rings. The molecule has 2 aliphatic carbocycles. The SMILES string of the molecule is CN1C2=C(C(=O)CCC2)C(c2cc(Br)c(OCC(=O)O)c(Br)c2)C2=C1CCCC2=O. The van der Waals surface area contributed by atoms with Crippen LogP contribution < -0.4 is 4.74 Å². The number of ether oxygens (including phenoxy) is 1. The first kappa shape index (κ1) is 21.3. The molecule has 6 nitrogen and oxygen atoms in total. The Morgan fingerprint density at radius 2 is 1.53 bits per heavy atom. The highest BCUT2D eigenvalue weighted by molar-refractivity contribution is 9.11. The topological polar surface area (TPSA) is 83.9 Å². The number of rotatable bonds is 4. The van der Waals surface area contributed by atoms with Crippen LogP contribution in [0.3, 0.4) is 0 Å². The van der Waals surface area contributed by atoms with Crippen molar-refractivity contribution in [3.8, 4) is 5.75 Å². The summed E-state index contributed by atoms with van der Waals surface area (Å²) in [5.41, 5.74) is 4.29. The van der Waals surface area contributed by atoms with Gasteiger partial charge >= 0.3 is 5.97 Å². The van der Waals surface area contributed by atoms with Crippen LogP contribution in [0.15, 0.2) is 43.6 Å². The molecule has 0 amide bonds. The van der Waals surface area contributed by atoms with Crippen LogP contribution in [0.4, 0.5) is 0 Å². The van der Waals surface area contributed by atoms with Crippen LogP contribution in [0, 0.1) is 0 Å². The number of hydrogen-bond acceptors (Lipinski definition) is 5. The van der Waals surface area contributed by atoms with Gasteiger partial charge in [-0.15, -0.1) is 0 Å². The monoisotopic (exact) mass is 537 g/mol. The lowest BCUT2D eigenvalue weighted by Crippen LogP contribution is -2.37. The number of Topliss-reactive ketones (excluding diaryl/α,β-unsaturated/α-hetero) is 2. The molecule has 1 aliphatic heterocycles. The summed E-state index contributed by atoms with van der Waals surface area (Å²) in [5.74, 6) is -0.915. The molecule has 1 N–H and O–H groups in total. The normalized spacial score (nSPS) is 19.8. The number of halogens is 2. The van der Waals surface area contributed by atoms with Gasteiger partial charge in [-0.25, -0.2) is 4.79 Å². The fourth-order valence-corrected chi connectivity index (χ4v) is 6.15. The predicted molar refractivity (Wildman–Crippen MR) is 117 cm³/mol. The first-order chi connectivity index (χ1) is 14.3. The third-order valence-electron chi connectivity index (χ3n) is 5.94. The molecule has 1 heterocycles. The van der Waals surface area contributed by atoms with Gasteiger partial charge in [0.05, 0.1) is 8.95 Å². The Balaban J connectivity index is 1.87. The van der Waals surface area contributed by atoms with Gasteiger partial charge in [0.15, 0.2) is 18.2 Å². The fraction of sp³-hybridized carbons (Fsp3) is 0.409. The van der Waals surface area contributed by atoms with E-state index in [0.717, 1.165) is 53.8 Å². The van der Waals surface area contributed by atoms with Gasteiger partial charge in [0.2, 0.25) is 0 Å². The predicted octanol–water partition coefficient (Wildman–Crippen LogP) is 4.72. The quantitative estimate of drug-likeness (QED) is 0.597. The number of allylic oxidation sites excluding steroid dienone is 4. The van der Waals surface area contributed by atoms with Crippen LogP contribution in [-0.4, -0.2) is 41.2 Å². The number of carbonyl (C=O) groups is 3. The number of ketones is 2. The molecule has 0 radical (unpaired) electrons. The van der Waals surface area contributed by atoms with E-state index < -0.39 is 18.5 Å². The summed E-state index contributed by atoms with van der Waals surface area (Å²) in [7, 11) is 1.97. The van der Waals surface area contributed by atoms with Crippen molar-refractivity contribution in [2.24, 2.45) is 0 Å². The molecule has 158 valence electrons. The van der Waals surface area contributed by atoms with Gasteiger partial charge < -0.3 is 14.7 Å². The zero-order valence-electron chi connectivity index (χ0n) is 16.5. The van der Waals surface area contributed by atoms with E-state index >= 15 is 0 Å². The van der Waals surface area contributed by atoms with Gasteiger partial charge in [-0.3, -0.25) is 9.59 Å². The molecule has 4 rings (SSSR count). The number of carboxylic acid groups (broad SMARTS) is 1. The lowest BCUT2D eigenvalue weighted by atomic mass is 9.71. The van der Waals surface area contributed by atoms with E-state index in [4.69, 9.17) is 9.84 Å². The van der Waals surface area contributed by atoms with Gasteiger partial charge in [0, 0.05) is 48.3 Å². The van der Waals surface area contributed by atoms with Crippen LogP contribution in [0.25, 0.3) is 0 Å². The zero-order valence-corrected chi connectivity index (χ0v) is 19.6. The van der Waals surface area contributed by atoms with Crippen molar-refractivity contribution in [1.29, 1.82) is 0 Å². The summed E-state index contributed by atoms with van der Waals surface area (Å²) in [4.78, 5) is 39.0. The molecule has 0 spiro atoms. The molecule has 1 aromatic rings. The molecular formula is C22H21Br2NO5. The van der Waals surface area contributed by atoms with E-state index in [-0.39, 0.29) is 11.6 Å². The highest BCUT2D eigenvalue weighted by Gasteiger charge is 2.42. The largest absolute Gasteiger partial charge is 0.480 e. The molecule has 0 saturated carbocycles. The highest BCUT2D eigenvalue weighted by Crippen LogP contribution is 2.50. The van der Waals surface area contributed by atoms with Crippen molar-refractivity contribution in [3.05, 3.63) is 49.2 Å². The second-order valence-electron chi connectivity index (χ2n) is 7.76. The first-order valence-corrected chi connectivity index (χ1v) is 11.5. The number of nitrogens with zero attached hydrogens (tertiary/aromatic N) is 1. The Labute approximate surface area is 191 Å².